The Balaban J connectivity index is 2.20. The average molecular weight is 280 g/mol. The van der Waals surface area contributed by atoms with E-state index in [-0.39, 0.29) is 12.4 Å². The molecule has 0 aliphatic carbocycles. The number of hydrogen-bond acceptors (Lipinski definition) is 4. The number of aliphatic hydroxyl groups is 1. The van der Waals surface area contributed by atoms with Crippen LogP contribution in [0.1, 0.15) is 22.8 Å². The van der Waals surface area contributed by atoms with Gasteiger partial charge < -0.3 is 15.3 Å². The lowest BCUT2D eigenvalue weighted by atomic mass is 9.86. The molecule has 4 nitrogen and oxygen atoms in total. The number of nitrogens with two attached hydrogens (primary N) is 1. The Morgan fingerprint density at radius 1 is 0.952 bits per heavy atom. The third-order valence-corrected chi connectivity index (χ3v) is 3.45. The predicted octanol–water partition coefficient (Wildman–Crippen LogP) is 2.42. The first-order valence-corrected chi connectivity index (χ1v) is 6.74. The third kappa shape index (κ3) is 2.35. The van der Waals surface area contributed by atoms with E-state index in [1.165, 1.54) is 0 Å². The van der Waals surface area contributed by atoms with Gasteiger partial charge in [0.2, 0.25) is 5.89 Å². The molecule has 1 aromatic heterocycles. The summed E-state index contributed by atoms with van der Waals surface area (Å²) in [6.07, 6.45) is 1.55. The van der Waals surface area contributed by atoms with E-state index < -0.39 is 5.60 Å². The Kier molecular flexibility index (Phi) is 3.56. The van der Waals surface area contributed by atoms with Crippen LogP contribution in [0.2, 0.25) is 0 Å². The lowest BCUT2D eigenvalue weighted by Gasteiger charge is -2.26. The molecule has 1 heterocycles. The third-order valence-electron chi connectivity index (χ3n) is 3.45. The zero-order valence-corrected chi connectivity index (χ0v) is 11.4. The maximum atomic E-state index is 11.3. The van der Waals surface area contributed by atoms with Crippen molar-refractivity contribution in [3.8, 4) is 0 Å². The van der Waals surface area contributed by atoms with E-state index in [9.17, 15) is 5.11 Å². The fraction of sp³-hybridized carbons (Fsp3) is 0.118. The van der Waals surface area contributed by atoms with Crippen LogP contribution in [0.15, 0.2) is 71.3 Å². The van der Waals surface area contributed by atoms with Crippen LogP contribution >= 0.6 is 0 Å². The standard InChI is InChI=1S/C17H16N2O2/c18-11-15-12-19-16(21-15)17(20,13-7-3-1-4-8-13)14-9-5-2-6-10-14/h1-10,12,20H,11,18H2. The minimum Gasteiger partial charge on any atom is -0.441 e. The van der Waals surface area contributed by atoms with Gasteiger partial charge >= 0.3 is 0 Å². The van der Waals surface area contributed by atoms with E-state index in [1.54, 1.807) is 6.20 Å². The van der Waals surface area contributed by atoms with Crippen molar-refractivity contribution in [1.29, 1.82) is 0 Å². The second-order valence-electron chi connectivity index (χ2n) is 4.78. The maximum absolute atomic E-state index is 11.3. The molecule has 0 amide bonds. The van der Waals surface area contributed by atoms with Crippen molar-refractivity contribution in [2.45, 2.75) is 12.1 Å². The molecular formula is C17H16N2O2. The molecule has 3 rings (SSSR count). The highest BCUT2D eigenvalue weighted by atomic mass is 16.4. The summed E-state index contributed by atoms with van der Waals surface area (Å²) < 4.78 is 5.62. The van der Waals surface area contributed by atoms with Gasteiger partial charge in [-0.25, -0.2) is 4.98 Å². The van der Waals surface area contributed by atoms with E-state index in [0.717, 1.165) is 0 Å². The summed E-state index contributed by atoms with van der Waals surface area (Å²) in [5.41, 5.74) is 5.53. The second kappa shape index (κ2) is 5.52. The van der Waals surface area contributed by atoms with Gasteiger partial charge in [0.1, 0.15) is 5.76 Å². The average Bonchev–Trinajstić information content (AvgIpc) is 3.05. The molecule has 3 aromatic rings. The van der Waals surface area contributed by atoms with Crippen LogP contribution in [0, 0.1) is 0 Å². The van der Waals surface area contributed by atoms with Gasteiger partial charge in [-0.15, -0.1) is 0 Å². The SMILES string of the molecule is NCc1cnc(C(O)(c2ccccc2)c2ccccc2)o1. The van der Waals surface area contributed by atoms with Gasteiger partial charge in [0.05, 0.1) is 12.7 Å². The van der Waals surface area contributed by atoms with Gasteiger partial charge in [-0.3, -0.25) is 0 Å². The monoisotopic (exact) mass is 280 g/mol. The zero-order chi connectivity index (χ0) is 14.7. The summed E-state index contributed by atoms with van der Waals surface area (Å²) in [6, 6.07) is 18.7. The van der Waals surface area contributed by atoms with Crippen molar-refractivity contribution in [2.24, 2.45) is 5.73 Å². The van der Waals surface area contributed by atoms with E-state index in [2.05, 4.69) is 4.98 Å². The van der Waals surface area contributed by atoms with Crippen LogP contribution in [-0.4, -0.2) is 10.1 Å². The Hall–Kier alpha value is -2.43. The lowest BCUT2D eigenvalue weighted by Crippen LogP contribution is -2.29. The smallest absolute Gasteiger partial charge is 0.236 e. The fourth-order valence-corrected chi connectivity index (χ4v) is 2.34. The highest BCUT2D eigenvalue weighted by Crippen LogP contribution is 2.35. The number of rotatable bonds is 4. The molecule has 0 aliphatic heterocycles. The Morgan fingerprint density at radius 2 is 1.48 bits per heavy atom. The summed E-state index contributed by atoms with van der Waals surface area (Å²) in [5.74, 6) is 0.760. The van der Waals surface area contributed by atoms with Crippen LogP contribution in [-0.2, 0) is 12.1 Å². The van der Waals surface area contributed by atoms with Crippen molar-refractivity contribution in [2.75, 3.05) is 0 Å². The molecule has 4 heteroatoms. The number of aromatic nitrogens is 1. The fourth-order valence-electron chi connectivity index (χ4n) is 2.34. The van der Waals surface area contributed by atoms with Crippen LogP contribution in [0.5, 0.6) is 0 Å². The zero-order valence-electron chi connectivity index (χ0n) is 11.4. The Morgan fingerprint density at radius 3 is 1.90 bits per heavy atom. The summed E-state index contributed by atoms with van der Waals surface area (Å²) >= 11 is 0. The Labute approximate surface area is 122 Å². The topological polar surface area (TPSA) is 72.3 Å². The lowest BCUT2D eigenvalue weighted by molar-refractivity contribution is 0.0914. The van der Waals surface area contributed by atoms with Gasteiger partial charge in [-0.1, -0.05) is 60.7 Å². The highest BCUT2D eigenvalue weighted by Gasteiger charge is 2.38. The summed E-state index contributed by atoms with van der Waals surface area (Å²) in [4.78, 5) is 4.22. The first-order valence-electron chi connectivity index (χ1n) is 6.74. The van der Waals surface area contributed by atoms with Gasteiger partial charge in [-0.2, -0.15) is 0 Å². The van der Waals surface area contributed by atoms with Gasteiger partial charge in [0.15, 0.2) is 5.60 Å². The molecule has 0 bridgehead atoms. The molecule has 3 N–H and O–H groups in total. The number of hydrogen-bond donors (Lipinski definition) is 2. The number of benzene rings is 2. The van der Waals surface area contributed by atoms with Crippen LogP contribution in [0.3, 0.4) is 0 Å². The first-order chi connectivity index (χ1) is 10.2. The molecule has 0 saturated heterocycles. The van der Waals surface area contributed by atoms with E-state index in [4.69, 9.17) is 10.2 Å². The maximum Gasteiger partial charge on any atom is 0.236 e. The highest BCUT2D eigenvalue weighted by molar-refractivity contribution is 5.41. The van der Waals surface area contributed by atoms with E-state index >= 15 is 0 Å². The number of nitrogens with zero attached hydrogens (tertiary/aromatic N) is 1. The van der Waals surface area contributed by atoms with Crippen LogP contribution in [0.25, 0.3) is 0 Å². The molecule has 2 aromatic carbocycles. The van der Waals surface area contributed by atoms with Crippen molar-refractivity contribution < 1.29 is 9.52 Å². The van der Waals surface area contributed by atoms with Crippen molar-refractivity contribution in [1.82, 2.24) is 4.98 Å². The van der Waals surface area contributed by atoms with Crippen molar-refractivity contribution in [3.63, 3.8) is 0 Å². The normalized spacial score (nSPS) is 11.5. The summed E-state index contributed by atoms with van der Waals surface area (Å²) in [7, 11) is 0. The molecule has 0 atom stereocenters. The minimum atomic E-state index is -1.43. The quantitative estimate of drug-likeness (QED) is 0.770. The summed E-state index contributed by atoms with van der Waals surface area (Å²) in [6.45, 7) is 0.243. The van der Waals surface area contributed by atoms with Crippen molar-refractivity contribution >= 4 is 0 Å². The van der Waals surface area contributed by atoms with E-state index in [1.807, 2.05) is 60.7 Å². The number of oxazole rings is 1. The Bertz CT molecular complexity index is 668. The molecule has 0 aliphatic rings. The van der Waals surface area contributed by atoms with Crippen LogP contribution in [0.4, 0.5) is 0 Å². The van der Waals surface area contributed by atoms with Gasteiger partial charge in [0, 0.05) is 0 Å². The predicted molar refractivity (Wildman–Crippen MR) is 79.4 cm³/mol. The summed E-state index contributed by atoms with van der Waals surface area (Å²) in [5, 5.41) is 11.3. The molecule has 0 fully saturated rings. The second-order valence-corrected chi connectivity index (χ2v) is 4.78. The molecule has 0 saturated carbocycles. The van der Waals surface area contributed by atoms with E-state index in [0.29, 0.717) is 16.9 Å². The van der Waals surface area contributed by atoms with Crippen molar-refractivity contribution in [3.05, 3.63) is 89.6 Å². The molecule has 0 radical (unpaired) electrons. The molecule has 0 spiro atoms. The molecule has 0 unspecified atom stereocenters. The molecular weight excluding hydrogens is 264 g/mol. The molecule has 106 valence electrons. The van der Waals surface area contributed by atoms with Gasteiger partial charge in [0.25, 0.3) is 0 Å². The first kappa shape index (κ1) is 13.5. The molecule has 21 heavy (non-hydrogen) atoms. The largest absolute Gasteiger partial charge is 0.441 e. The van der Waals surface area contributed by atoms with Crippen LogP contribution < -0.4 is 5.73 Å². The minimum absolute atomic E-state index is 0.223. The van der Waals surface area contributed by atoms with Gasteiger partial charge in [-0.05, 0) is 11.1 Å².